The third kappa shape index (κ3) is 5.77. The monoisotopic (exact) mass is 350 g/mol. The van der Waals surface area contributed by atoms with Crippen molar-refractivity contribution in [1.82, 2.24) is 0 Å². The number of rotatable bonds is 8. The minimum Gasteiger partial charge on any atom is -0.544 e. The van der Waals surface area contributed by atoms with Crippen molar-refractivity contribution in [3.8, 4) is 11.5 Å². The maximum Gasteiger partial charge on any atom is 0.341 e. The first-order valence-corrected chi connectivity index (χ1v) is 11.1. The maximum atomic E-state index is 12.3. The van der Waals surface area contributed by atoms with Gasteiger partial charge < -0.3 is 18.6 Å². The zero-order chi connectivity index (χ0) is 18.3. The largest absolute Gasteiger partial charge is 0.544 e. The Balaban J connectivity index is 3.25. The van der Waals surface area contributed by atoms with Crippen LogP contribution in [0.3, 0.4) is 0 Å². The Morgan fingerprint density at radius 1 is 1.17 bits per heavy atom. The van der Waals surface area contributed by atoms with Gasteiger partial charge in [-0.3, -0.25) is 0 Å². The molecular formula is C18H26O5Si. The van der Waals surface area contributed by atoms with E-state index in [0.29, 0.717) is 22.8 Å². The van der Waals surface area contributed by atoms with E-state index in [1.165, 1.54) is 0 Å². The standard InChI is InChI=1S/C18H26O5Si/c1-8-22-18(19)15(13(2)23-24(5,6)7)11-14-9-10-16(20-3)17(12-14)21-4/h9-12H,2,8H2,1,3-7H3/b15-11-. The van der Waals surface area contributed by atoms with Crippen LogP contribution < -0.4 is 9.47 Å². The summed E-state index contributed by atoms with van der Waals surface area (Å²) in [5.41, 5.74) is 1.06. The van der Waals surface area contributed by atoms with E-state index in [1.807, 2.05) is 25.7 Å². The van der Waals surface area contributed by atoms with Gasteiger partial charge in [-0.05, 0) is 50.3 Å². The van der Waals surface area contributed by atoms with Crippen LogP contribution in [0, 0.1) is 0 Å². The lowest BCUT2D eigenvalue weighted by molar-refractivity contribution is -0.138. The zero-order valence-electron chi connectivity index (χ0n) is 15.3. The molecule has 0 aromatic heterocycles. The minimum atomic E-state index is -1.89. The van der Waals surface area contributed by atoms with Crippen molar-refractivity contribution >= 4 is 20.4 Å². The fraction of sp³-hybridized carbons (Fsp3) is 0.389. The van der Waals surface area contributed by atoms with Crippen molar-refractivity contribution in [3.63, 3.8) is 0 Å². The lowest BCUT2D eigenvalue weighted by Gasteiger charge is -2.22. The van der Waals surface area contributed by atoms with Gasteiger partial charge in [0.05, 0.1) is 20.8 Å². The van der Waals surface area contributed by atoms with Crippen LogP contribution in [-0.2, 0) is 14.0 Å². The molecule has 0 spiro atoms. The molecule has 0 aliphatic rings. The summed E-state index contributed by atoms with van der Waals surface area (Å²) in [4.78, 5) is 12.3. The topological polar surface area (TPSA) is 54.0 Å². The molecule has 5 nitrogen and oxygen atoms in total. The number of benzene rings is 1. The molecule has 0 saturated heterocycles. The molecular weight excluding hydrogens is 324 g/mol. The highest BCUT2D eigenvalue weighted by Gasteiger charge is 2.23. The van der Waals surface area contributed by atoms with Gasteiger partial charge in [-0.15, -0.1) is 0 Å². The molecule has 0 fully saturated rings. The number of hydrogen-bond acceptors (Lipinski definition) is 5. The molecule has 0 saturated carbocycles. The second kappa shape index (κ2) is 8.59. The van der Waals surface area contributed by atoms with Gasteiger partial charge in [0.1, 0.15) is 11.3 Å². The SMILES string of the molecule is C=C(O[Si](C)(C)C)/C(=C/c1ccc(OC)c(OC)c1)C(=O)OCC. The molecule has 6 heteroatoms. The summed E-state index contributed by atoms with van der Waals surface area (Å²) in [5, 5.41) is 0. The average Bonchev–Trinajstić information content (AvgIpc) is 2.50. The molecule has 0 amide bonds. The van der Waals surface area contributed by atoms with Crippen LogP contribution in [0.2, 0.25) is 19.6 Å². The summed E-state index contributed by atoms with van der Waals surface area (Å²) in [6, 6.07) is 5.37. The van der Waals surface area contributed by atoms with Crippen molar-refractivity contribution in [2.24, 2.45) is 0 Å². The molecule has 0 aliphatic heterocycles. The van der Waals surface area contributed by atoms with Crippen LogP contribution in [0.1, 0.15) is 12.5 Å². The highest BCUT2D eigenvalue weighted by atomic mass is 28.4. The minimum absolute atomic E-state index is 0.280. The summed E-state index contributed by atoms with van der Waals surface area (Å²) in [6.45, 7) is 12.0. The molecule has 0 N–H and O–H groups in total. The van der Waals surface area contributed by atoms with Crippen molar-refractivity contribution in [3.05, 3.63) is 41.7 Å². The molecule has 24 heavy (non-hydrogen) atoms. The van der Waals surface area contributed by atoms with Gasteiger partial charge in [0.2, 0.25) is 8.32 Å². The molecule has 0 heterocycles. The first kappa shape index (κ1) is 19.8. The highest BCUT2D eigenvalue weighted by Crippen LogP contribution is 2.29. The quantitative estimate of drug-likeness (QED) is 0.233. The van der Waals surface area contributed by atoms with E-state index in [4.69, 9.17) is 18.6 Å². The van der Waals surface area contributed by atoms with Crippen LogP contribution in [0.15, 0.2) is 36.1 Å². The summed E-state index contributed by atoms with van der Waals surface area (Å²) < 4.78 is 21.5. The van der Waals surface area contributed by atoms with Crippen LogP contribution in [0.25, 0.3) is 6.08 Å². The first-order valence-electron chi connectivity index (χ1n) is 7.71. The third-order valence-corrected chi connectivity index (χ3v) is 3.80. The van der Waals surface area contributed by atoms with Crippen LogP contribution in [0.5, 0.6) is 11.5 Å². The number of carbonyl (C=O) groups is 1. The van der Waals surface area contributed by atoms with Gasteiger partial charge in [0.15, 0.2) is 11.5 Å². The normalized spacial score (nSPS) is 11.7. The van der Waals surface area contributed by atoms with E-state index in [-0.39, 0.29) is 6.61 Å². The summed E-state index contributed by atoms with van der Waals surface area (Å²) >= 11 is 0. The van der Waals surface area contributed by atoms with E-state index >= 15 is 0 Å². The Morgan fingerprint density at radius 2 is 1.79 bits per heavy atom. The van der Waals surface area contributed by atoms with Gasteiger partial charge in [-0.1, -0.05) is 12.6 Å². The fourth-order valence-electron chi connectivity index (χ4n) is 2.00. The number of ether oxygens (including phenoxy) is 3. The van der Waals surface area contributed by atoms with Crippen molar-refractivity contribution in [2.75, 3.05) is 20.8 Å². The smallest absolute Gasteiger partial charge is 0.341 e. The van der Waals surface area contributed by atoms with Crippen LogP contribution in [-0.4, -0.2) is 35.1 Å². The maximum absolute atomic E-state index is 12.3. The van der Waals surface area contributed by atoms with Gasteiger partial charge in [0.25, 0.3) is 0 Å². The molecule has 0 radical (unpaired) electrons. The molecule has 0 atom stereocenters. The molecule has 0 bridgehead atoms. The zero-order valence-corrected chi connectivity index (χ0v) is 16.3. The van der Waals surface area contributed by atoms with Gasteiger partial charge in [-0.25, -0.2) is 4.79 Å². The van der Waals surface area contributed by atoms with Crippen LogP contribution >= 0.6 is 0 Å². The molecule has 132 valence electrons. The summed E-state index contributed by atoms with van der Waals surface area (Å²) in [5.74, 6) is 1.05. The Hall–Kier alpha value is -2.21. The predicted molar refractivity (Wildman–Crippen MR) is 97.7 cm³/mol. The van der Waals surface area contributed by atoms with E-state index in [1.54, 1.807) is 39.4 Å². The Bertz CT molecular complexity index is 629. The second-order valence-corrected chi connectivity index (χ2v) is 10.5. The Kier molecular flexibility index (Phi) is 7.10. The molecule has 1 aromatic rings. The number of esters is 1. The van der Waals surface area contributed by atoms with Crippen LogP contribution in [0.4, 0.5) is 0 Å². The van der Waals surface area contributed by atoms with Gasteiger partial charge in [-0.2, -0.15) is 0 Å². The third-order valence-electron chi connectivity index (χ3n) is 2.94. The Morgan fingerprint density at radius 3 is 2.29 bits per heavy atom. The number of hydrogen-bond donors (Lipinski definition) is 0. The van der Waals surface area contributed by atoms with E-state index in [2.05, 4.69) is 6.58 Å². The lowest BCUT2D eigenvalue weighted by atomic mass is 10.1. The average molecular weight is 350 g/mol. The number of methoxy groups -OCH3 is 2. The van der Waals surface area contributed by atoms with E-state index in [9.17, 15) is 4.79 Å². The molecule has 0 unspecified atom stereocenters. The van der Waals surface area contributed by atoms with Crippen molar-refractivity contribution < 1.29 is 23.4 Å². The molecule has 1 rings (SSSR count). The van der Waals surface area contributed by atoms with Gasteiger partial charge in [0, 0.05) is 0 Å². The number of carbonyl (C=O) groups excluding carboxylic acids is 1. The predicted octanol–water partition coefficient (Wildman–Crippen LogP) is 4.02. The summed E-state index contributed by atoms with van der Waals surface area (Å²) in [6.07, 6.45) is 1.68. The van der Waals surface area contributed by atoms with E-state index in [0.717, 1.165) is 5.56 Å². The van der Waals surface area contributed by atoms with Crippen molar-refractivity contribution in [1.29, 1.82) is 0 Å². The fourth-order valence-corrected chi connectivity index (χ4v) is 2.85. The Labute approximate surface area is 145 Å². The summed E-state index contributed by atoms with van der Waals surface area (Å²) in [7, 11) is 1.24. The first-order chi connectivity index (χ1) is 11.2. The highest BCUT2D eigenvalue weighted by molar-refractivity contribution is 6.70. The second-order valence-electron chi connectivity index (χ2n) is 6.03. The molecule has 0 aliphatic carbocycles. The molecule has 1 aromatic carbocycles. The lowest BCUT2D eigenvalue weighted by Crippen LogP contribution is -2.26. The van der Waals surface area contributed by atoms with Gasteiger partial charge >= 0.3 is 5.97 Å². The van der Waals surface area contributed by atoms with Crippen molar-refractivity contribution in [2.45, 2.75) is 26.6 Å². The van der Waals surface area contributed by atoms with E-state index < -0.39 is 14.3 Å².